The van der Waals surface area contributed by atoms with Crippen molar-refractivity contribution < 1.29 is 19.5 Å². The Balaban J connectivity index is 1.65. The zero-order chi connectivity index (χ0) is 24.6. The third kappa shape index (κ3) is 4.85. The van der Waals surface area contributed by atoms with Crippen molar-refractivity contribution in [3.8, 4) is 11.5 Å². The minimum absolute atomic E-state index is 0.00576. The number of methoxy groups -OCH3 is 1. The Morgan fingerprint density at radius 2 is 2.00 bits per heavy atom. The van der Waals surface area contributed by atoms with Crippen LogP contribution >= 0.6 is 0 Å². The predicted octanol–water partition coefficient (Wildman–Crippen LogP) is 4.80. The van der Waals surface area contributed by atoms with Gasteiger partial charge in [-0.2, -0.15) is 0 Å². The van der Waals surface area contributed by atoms with Crippen LogP contribution in [0, 0.1) is 5.41 Å². The van der Waals surface area contributed by atoms with Crippen LogP contribution in [0.3, 0.4) is 0 Å². The number of aromatic nitrogens is 1. The van der Waals surface area contributed by atoms with E-state index < -0.39 is 9.04 Å². The molecule has 2 N–H and O–H groups in total. The number of nitrogens with zero attached hydrogens (tertiary/aromatic N) is 3. The van der Waals surface area contributed by atoms with Crippen LogP contribution in [-0.4, -0.2) is 55.1 Å². The summed E-state index contributed by atoms with van der Waals surface area (Å²) in [6.45, 7) is 12.6. The van der Waals surface area contributed by atoms with Crippen LogP contribution in [0.4, 0.5) is 0 Å². The monoisotopic (exact) mass is 483 g/mol. The Hall–Kier alpha value is -2.42. The lowest BCUT2D eigenvalue weighted by molar-refractivity contribution is 0.0864. The average molecular weight is 484 g/mol. The molecule has 8 heteroatoms. The molecule has 2 aliphatic heterocycles. The van der Waals surface area contributed by atoms with Gasteiger partial charge in [-0.3, -0.25) is 9.88 Å². The summed E-state index contributed by atoms with van der Waals surface area (Å²) in [6, 6.07) is 8.01. The van der Waals surface area contributed by atoms with E-state index in [4.69, 9.17) is 14.1 Å². The highest BCUT2D eigenvalue weighted by Crippen LogP contribution is 2.44. The number of ether oxygens (including phenoxy) is 1. The molecule has 184 valence electrons. The minimum Gasteiger partial charge on any atom is -0.504 e. The molecule has 0 spiro atoms. The lowest BCUT2D eigenvalue weighted by atomic mass is 9.80. The van der Waals surface area contributed by atoms with Gasteiger partial charge in [-0.05, 0) is 65.9 Å². The van der Waals surface area contributed by atoms with Crippen molar-refractivity contribution in [2.75, 3.05) is 20.2 Å². The van der Waals surface area contributed by atoms with E-state index >= 15 is 0 Å². The lowest BCUT2D eigenvalue weighted by Crippen LogP contribution is -2.45. The van der Waals surface area contributed by atoms with Crippen LogP contribution in [0.5, 0.6) is 11.5 Å². The van der Waals surface area contributed by atoms with Gasteiger partial charge in [0.15, 0.2) is 20.5 Å². The summed E-state index contributed by atoms with van der Waals surface area (Å²) >= 11 is 0. The maximum absolute atomic E-state index is 10.2. The molecular weight excluding hydrogens is 446 g/mol. The zero-order valence-electron chi connectivity index (χ0n) is 21.1. The maximum atomic E-state index is 10.2. The molecular formula is C26H37N3O4Si. The van der Waals surface area contributed by atoms with Crippen molar-refractivity contribution >= 4 is 14.8 Å². The largest absolute Gasteiger partial charge is 0.504 e. The smallest absolute Gasteiger partial charge is 0.171 e. The number of fused-ring (bicyclic) bond motifs is 3. The van der Waals surface area contributed by atoms with Crippen molar-refractivity contribution in [1.82, 2.24) is 9.88 Å². The highest BCUT2D eigenvalue weighted by atomic mass is 28.3. The molecule has 4 rings (SSSR count). The van der Waals surface area contributed by atoms with E-state index in [9.17, 15) is 10.3 Å². The maximum Gasteiger partial charge on any atom is 0.171 e. The second-order valence-corrected chi connectivity index (χ2v) is 13.1. The first-order valence-electron chi connectivity index (χ1n) is 12.1. The summed E-state index contributed by atoms with van der Waals surface area (Å²) in [5.41, 5.74) is 4.99. The molecule has 1 aromatic heterocycles. The standard InChI is InChI=1S/C26H37N3O4Si/c1-26(2,3)25(33-34(5)6)17-7-9-27-20(11-17)19-15-29-10-8-16-12-23(30)24(32-4)13-18(16)22(29)14-21(19)28-31/h7,9,11-13,19,22,25,30-31,34H,8,10,14-15H2,1-6H3/b28-21+/t19-,22+,25?/m0/s1. The molecule has 1 saturated heterocycles. The van der Waals surface area contributed by atoms with Crippen LogP contribution in [0.25, 0.3) is 0 Å². The molecule has 7 nitrogen and oxygen atoms in total. The van der Waals surface area contributed by atoms with E-state index in [0.29, 0.717) is 12.2 Å². The zero-order valence-corrected chi connectivity index (χ0v) is 22.2. The summed E-state index contributed by atoms with van der Waals surface area (Å²) in [4.78, 5) is 7.15. The van der Waals surface area contributed by atoms with E-state index in [1.54, 1.807) is 7.11 Å². The van der Waals surface area contributed by atoms with Crippen LogP contribution in [0.2, 0.25) is 13.1 Å². The van der Waals surface area contributed by atoms with Gasteiger partial charge in [-0.25, -0.2) is 0 Å². The van der Waals surface area contributed by atoms with Crippen LogP contribution in [0.1, 0.15) is 67.6 Å². The van der Waals surface area contributed by atoms with Crippen LogP contribution in [0.15, 0.2) is 35.6 Å². The first kappa shape index (κ1) is 24.7. The molecule has 0 radical (unpaired) electrons. The first-order chi connectivity index (χ1) is 16.1. The first-order valence-corrected chi connectivity index (χ1v) is 14.9. The van der Waals surface area contributed by atoms with Crippen molar-refractivity contribution in [2.24, 2.45) is 10.6 Å². The van der Waals surface area contributed by atoms with Gasteiger partial charge in [0, 0.05) is 31.7 Å². The number of pyridine rings is 1. The molecule has 1 fully saturated rings. The summed E-state index contributed by atoms with van der Waals surface area (Å²) in [5, 5.41) is 24.0. The Morgan fingerprint density at radius 3 is 2.65 bits per heavy atom. The van der Waals surface area contributed by atoms with E-state index in [-0.39, 0.29) is 29.2 Å². The van der Waals surface area contributed by atoms with E-state index in [2.05, 4.69) is 50.0 Å². The van der Waals surface area contributed by atoms with Gasteiger partial charge in [0.2, 0.25) is 0 Å². The van der Waals surface area contributed by atoms with E-state index in [1.165, 1.54) is 0 Å². The fraction of sp³-hybridized carbons (Fsp3) is 0.538. The van der Waals surface area contributed by atoms with Crippen molar-refractivity contribution in [3.05, 3.63) is 52.8 Å². The molecule has 2 aromatic rings. The normalized spacial score (nSPS) is 23.0. The van der Waals surface area contributed by atoms with E-state index in [1.807, 2.05) is 24.4 Å². The van der Waals surface area contributed by atoms with Crippen LogP contribution < -0.4 is 4.74 Å². The number of oxime groups is 1. The van der Waals surface area contributed by atoms with Crippen molar-refractivity contribution in [3.63, 3.8) is 0 Å². The van der Waals surface area contributed by atoms with Crippen molar-refractivity contribution in [1.29, 1.82) is 0 Å². The van der Waals surface area contributed by atoms with Gasteiger partial charge in [0.25, 0.3) is 0 Å². The number of aromatic hydroxyl groups is 1. The van der Waals surface area contributed by atoms with Gasteiger partial charge in [-0.15, -0.1) is 0 Å². The summed E-state index contributed by atoms with van der Waals surface area (Å²) in [5.74, 6) is 0.556. The van der Waals surface area contributed by atoms with Gasteiger partial charge in [-0.1, -0.05) is 25.9 Å². The second-order valence-electron chi connectivity index (χ2n) is 10.8. The van der Waals surface area contributed by atoms with E-state index in [0.717, 1.165) is 47.6 Å². The Bertz CT molecular complexity index is 1070. The Kier molecular flexibility index (Phi) is 7.03. The molecule has 0 saturated carbocycles. The number of phenols is 1. The average Bonchev–Trinajstić information content (AvgIpc) is 2.80. The van der Waals surface area contributed by atoms with Gasteiger partial charge in [0.1, 0.15) is 0 Å². The highest BCUT2D eigenvalue weighted by Gasteiger charge is 2.39. The summed E-state index contributed by atoms with van der Waals surface area (Å²) < 4.78 is 11.8. The topological polar surface area (TPSA) is 87.4 Å². The number of phenolic OH excluding ortho intramolecular Hbond substituents is 1. The molecule has 2 aliphatic rings. The lowest BCUT2D eigenvalue weighted by Gasteiger charge is -2.43. The Morgan fingerprint density at radius 1 is 1.24 bits per heavy atom. The summed E-state index contributed by atoms with van der Waals surface area (Å²) in [6.07, 6.45) is 3.31. The number of hydrogen-bond acceptors (Lipinski definition) is 7. The molecule has 0 bridgehead atoms. The molecule has 0 amide bonds. The molecule has 3 atom stereocenters. The van der Waals surface area contributed by atoms with Crippen molar-refractivity contribution in [2.45, 2.75) is 64.8 Å². The fourth-order valence-electron chi connectivity index (χ4n) is 5.32. The quantitative estimate of drug-likeness (QED) is 0.361. The number of hydrogen-bond donors (Lipinski definition) is 2. The molecule has 1 unspecified atom stereocenters. The van der Waals surface area contributed by atoms with Gasteiger partial charge in [0.05, 0.1) is 30.5 Å². The SMILES string of the molecule is COc1cc2c(cc1O)CCN1C[C@@H](c3cc(C(O[SiH](C)C)C(C)(C)C)ccn3)/C(=N/O)C[C@H]21. The molecule has 34 heavy (non-hydrogen) atoms. The number of rotatable bonds is 5. The minimum atomic E-state index is -1.25. The molecule has 1 aromatic carbocycles. The van der Waals surface area contributed by atoms with Gasteiger partial charge < -0.3 is 19.5 Å². The predicted molar refractivity (Wildman–Crippen MR) is 136 cm³/mol. The third-order valence-electron chi connectivity index (χ3n) is 6.92. The van der Waals surface area contributed by atoms with Crippen LogP contribution in [-0.2, 0) is 10.8 Å². The number of piperidine rings is 1. The third-order valence-corrected chi connectivity index (χ3v) is 7.74. The highest BCUT2D eigenvalue weighted by molar-refractivity contribution is 6.48. The molecule has 3 heterocycles. The second kappa shape index (κ2) is 9.68. The molecule has 0 aliphatic carbocycles. The number of benzene rings is 1. The van der Waals surface area contributed by atoms with Gasteiger partial charge >= 0.3 is 0 Å². The fourth-order valence-corrected chi connectivity index (χ4v) is 6.43. The Labute approximate surface area is 204 Å². The summed E-state index contributed by atoms with van der Waals surface area (Å²) in [7, 11) is 0.314.